The number of hydrogen-bond acceptors (Lipinski definition) is 8. The van der Waals surface area contributed by atoms with Crippen LogP contribution in [0.2, 0.25) is 0 Å². The number of aromatic nitrogens is 2. The van der Waals surface area contributed by atoms with E-state index in [0.717, 1.165) is 0 Å². The van der Waals surface area contributed by atoms with E-state index in [-0.39, 0.29) is 16.9 Å². The molecule has 5 N–H and O–H groups in total. The van der Waals surface area contributed by atoms with Crippen LogP contribution in [0.4, 0.5) is 11.4 Å². The molecule has 0 fully saturated rings. The number of nitro benzene ring substituents is 1. The lowest BCUT2D eigenvalue weighted by atomic mass is 10.0. The lowest BCUT2D eigenvalue weighted by Gasteiger charge is -2.07. The molecule has 11 heteroatoms. The molecule has 1 heterocycles. The van der Waals surface area contributed by atoms with E-state index in [2.05, 4.69) is 20.7 Å². The largest absolute Gasteiger partial charge is 0.382 e. The van der Waals surface area contributed by atoms with Crippen LogP contribution < -0.4 is 16.7 Å². The van der Waals surface area contributed by atoms with E-state index in [4.69, 9.17) is 16.4 Å². The Hall–Kier alpha value is -4.59. The second kappa shape index (κ2) is 7.34. The lowest BCUT2D eigenvalue weighted by Crippen LogP contribution is -2.22. The highest BCUT2D eigenvalue weighted by Crippen LogP contribution is 2.32. The Bertz CT molecular complexity index is 1240. The van der Waals surface area contributed by atoms with Crippen molar-refractivity contribution in [1.82, 2.24) is 10.2 Å². The van der Waals surface area contributed by atoms with Gasteiger partial charge >= 0.3 is 0 Å². The van der Waals surface area contributed by atoms with Gasteiger partial charge in [0, 0.05) is 17.0 Å². The molecule has 3 aromatic rings. The van der Waals surface area contributed by atoms with Gasteiger partial charge in [-0.05, 0) is 12.1 Å². The SMILES string of the molecule is N#C/C(=N\Nc1ccc(-c2n[nH]c(=O)c3ccccc23)cc1[N+](=O)[O-])C(=N)N. The highest BCUT2D eigenvalue weighted by atomic mass is 16.6. The molecular weight excluding hydrogens is 364 g/mol. The molecule has 138 valence electrons. The molecule has 0 spiro atoms. The summed E-state index contributed by atoms with van der Waals surface area (Å²) >= 11 is 0. The molecular formula is C17H12N8O3. The van der Waals surface area contributed by atoms with Crippen molar-refractivity contribution >= 4 is 33.7 Å². The number of nitro groups is 1. The van der Waals surface area contributed by atoms with E-state index in [0.29, 0.717) is 22.0 Å². The molecule has 0 atom stereocenters. The first-order valence-corrected chi connectivity index (χ1v) is 7.76. The van der Waals surface area contributed by atoms with E-state index in [1.54, 1.807) is 36.4 Å². The Morgan fingerprint density at radius 2 is 2.04 bits per heavy atom. The van der Waals surface area contributed by atoms with Crippen molar-refractivity contribution in [2.24, 2.45) is 10.8 Å². The summed E-state index contributed by atoms with van der Waals surface area (Å²) in [5.41, 5.74) is 7.23. The quantitative estimate of drug-likeness (QED) is 0.226. The number of aromatic amines is 1. The van der Waals surface area contributed by atoms with E-state index in [1.165, 1.54) is 12.1 Å². The van der Waals surface area contributed by atoms with E-state index < -0.39 is 16.5 Å². The minimum atomic E-state index is -0.630. The summed E-state index contributed by atoms with van der Waals surface area (Å²) in [5.74, 6) is -0.571. The molecule has 0 amide bonds. The third kappa shape index (κ3) is 3.37. The maximum Gasteiger partial charge on any atom is 0.294 e. The normalized spacial score (nSPS) is 11.0. The summed E-state index contributed by atoms with van der Waals surface area (Å²) in [4.78, 5) is 22.8. The van der Waals surface area contributed by atoms with Crippen LogP contribution >= 0.6 is 0 Å². The second-order valence-corrected chi connectivity index (χ2v) is 5.53. The number of hydrazone groups is 1. The van der Waals surface area contributed by atoms with Crippen LogP contribution in [0, 0.1) is 26.9 Å². The predicted molar refractivity (Wildman–Crippen MR) is 103 cm³/mol. The predicted octanol–water partition coefficient (Wildman–Crippen LogP) is 1.73. The highest BCUT2D eigenvalue weighted by Gasteiger charge is 2.18. The summed E-state index contributed by atoms with van der Waals surface area (Å²) in [6, 6.07) is 12.6. The number of fused-ring (bicyclic) bond motifs is 1. The molecule has 0 aliphatic carbocycles. The van der Waals surface area contributed by atoms with Gasteiger partial charge in [-0.1, -0.05) is 24.3 Å². The topological polar surface area (TPSA) is 187 Å². The van der Waals surface area contributed by atoms with Gasteiger partial charge in [-0.15, -0.1) is 0 Å². The molecule has 0 aliphatic rings. The average Bonchev–Trinajstić information content (AvgIpc) is 2.69. The number of nitrogens with zero attached hydrogens (tertiary/aromatic N) is 4. The van der Waals surface area contributed by atoms with E-state index >= 15 is 0 Å². The Morgan fingerprint density at radius 1 is 1.32 bits per heavy atom. The first-order chi connectivity index (χ1) is 13.4. The molecule has 11 nitrogen and oxygen atoms in total. The van der Waals surface area contributed by atoms with E-state index in [1.807, 2.05) is 0 Å². The van der Waals surface area contributed by atoms with Crippen LogP contribution in [0.5, 0.6) is 0 Å². The van der Waals surface area contributed by atoms with Gasteiger partial charge in [0.2, 0.25) is 5.71 Å². The van der Waals surface area contributed by atoms with Crippen LogP contribution in [0.1, 0.15) is 0 Å². The van der Waals surface area contributed by atoms with Gasteiger partial charge in [-0.25, -0.2) is 5.10 Å². The molecule has 2 aromatic carbocycles. The van der Waals surface area contributed by atoms with Crippen LogP contribution in [-0.4, -0.2) is 26.7 Å². The number of H-pyrrole nitrogens is 1. The van der Waals surface area contributed by atoms with Crippen LogP contribution in [0.15, 0.2) is 52.4 Å². The molecule has 0 bridgehead atoms. The van der Waals surface area contributed by atoms with Crippen molar-refractivity contribution in [3.8, 4) is 17.3 Å². The Morgan fingerprint density at radius 3 is 2.68 bits per heavy atom. The van der Waals surface area contributed by atoms with Crippen molar-refractivity contribution in [3.63, 3.8) is 0 Å². The lowest BCUT2D eigenvalue weighted by molar-refractivity contribution is -0.383. The van der Waals surface area contributed by atoms with Crippen molar-refractivity contribution in [2.45, 2.75) is 0 Å². The zero-order valence-corrected chi connectivity index (χ0v) is 14.1. The molecule has 3 rings (SSSR count). The maximum absolute atomic E-state index is 11.9. The van der Waals surface area contributed by atoms with Crippen molar-refractivity contribution < 1.29 is 4.92 Å². The standard InChI is InChI=1S/C17H12N8O3/c18-8-13(16(19)20)22-21-12-6-5-9(7-14(12)25(27)28)15-10-3-1-2-4-11(10)17(26)24-23-15/h1-7,21H,(H3,19,20)(H,24,26)/b22-13+. The molecule has 1 aromatic heterocycles. The molecule has 0 radical (unpaired) electrons. The summed E-state index contributed by atoms with van der Waals surface area (Å²) < 4.78 is 0. The molecule has 0 saturated carbocycles. The monoisotopic (exact) mass is 376 g/mol. The zero-order chi connectivity index (χ0) is 20.3. The average molecular weight is 376 g/mol. The van der Waals surface area contributed by atoms with Gasteiger partial charge in [0.1, 0.15) is 11.8 Å². The molecule has 0 saturated heterocycles. The number of nitrogens with one attached hydrogen (secondary N) is 3. The number of hydrogen-bond donors (Lipinski definition) is 4. The zero-order valence-electron chi connectivity index (χ0n) is 14.1. The fourth-order valence-electron chi connectivity index (χ4n) is 2.52. The fraction of sp³-hybridized carbons (Fsp3) is 0. The Balaban J connectivity index is 2.12. The van der Waals surface area contributed by atoms with Crippen molar-refractivity contribution in [3.05, 3.63) is 62.9 Å². The van der Waals surface area contributed by atoms with Crippen LogP contribution in [-0.2, 0) is 0 Å². The number of amidine groups is 1. The number of benzene rings is 2. The van der Waals surface area contributed by atoms with Gasteiger partial charge in [0.25, 0.3) is 11.2 Å². The smallest absolute Gasteiger partial charge is 0.294 e. The van der Waals surface area contributed by atoms with Gasteiger partial charge in [-0.2, -0.15) is 15.5 Å². The molecule has 0 unspecified atom stereocenters. The number of rotatable bonds is 5. The van der Waals surface area contributed by atoms with Gasteiger partial charge in [-0.3, -0.25) is 25.7 Å². The summed E-state index contributed by atoms with van der Waals surface area (Å²) in [7, 11) is 0. The Kier molecular flexibility index (Phi) is 4.77. The minimum Gasteiger partial charge on any atom is -0.382 e. The first-order valence-electron chi connectivity index (χ1n) is 7.76. The highest BCUT2D eigenvalue weighted by molar-refractivity contribution is 6.45. The Labute approximate surface area is 156 Å². The summed E-state index contributed by atoms with van der Waals surface area (Å²) in [5, 5.41) is 38.5. The van der Waals surface area contributed by atoms with Gasteiger partial charge in [0.05, 0.1) is 16.0 Å². The fourth-order valence-corrected chi connectivity index (χ4v) is 2.52. The summed E-state index contributed by atoms with van der Waals surface area (Å²) in [6.07, 6.45) is 0. The van der Waals surface area contributed by atoms with Gasteiger partial charge in [0.15, 0.2) is 5.84 Å². The van der Waals surface area contributed by atoms with Crippen molar-refractivity contribution in [1.29, 1.82) is 10.7 Å². The number of nitriles is 1. The van der Waals surface area contributed by atoms with Crippen molar-refractivity contribution in [2.75, 3.05) is 5.43 Å². The molecule has 0 aliphatic heterocycles. The first kappa shape index (κ1) is 18.2. The second-order valence-electron chi connectivity index (χ2n) is 5.53. The van der Waals surface area contributed by atoms with Gasteiger partial charge < -0.3 is 5.73 Å². The van der Waals surface area contributed by atoms with Crippen LogP contribution in [0.25, 0.3) is 22.0 Å². The molecule has 28 heavy (non-hydrogen) atoms. The minimum absolute atomic E-state index is 0.00326. The van der Waals surface area contributed by atoms with Crippen LogP contribution in [0.3, 0.4) is 0 Å². The summed E-state index contributed by atoms with van der Waals surface area (Å²) in [6.45, 7) is 0. The van der Waals surface area contributed by atoms with E-state index in [9.17, 15) is 14.9 Å². The third-order valence-electron chi connectivity index (χ3n) is 3.81. The maximum atomic E-state index is 11.9. The third-order valence-corrected chi connectivity index (χ3v) is 3.81. The number of nitrogens with two attached hydrogens (primary N) is 1. The number of anilines is 1.